The zero-order valence-corrected chi connectivity index (χ0v) is 20.0. The molecule has 0 atom stereocenters. The molecule has 0 heterocycles. The van der Waals surface area contributed by atoms with Crippen LogP contribution in [-0.2, 0) is 16.8 Å². The zero-order valence-electron chi connectivity index (χ0n) is 18.0. The third kappa shape index (κ3) is 9.79. The smallest absolute Gasteiger partial charge is 0 e. The second-order valence-corrected chi connectivity index (χ2v) is 9.12. The molecule has 8 heteroatoms. The van der Waals surface area contributed by atoms with E-state index in [0.717, 1.165) is 0 Å². The Bertz CT molecular complexity index is 627. The van der Waals surface area contributed by atoms with Crippen molar-refractivity contribution in [3.05, 3.63) is 56.4 Å². The number of hydrogen-bond donors (Lipinski definition) is 0. The first-order valence-corrected chi connectivity index (χ1v) is 10.5. The van der Waals surface area contributed by atoms with E-state index in [9.17, 15) is 25.2 Å². The van der Waals surface area contributed by atoms with Crippen LogP contribution in [-0.4, -0.2) is 0 Å². The van der Waals surface area contributed by atoms with E-state index in [2.05, 4.69) is 69.2 Å². The molecule has 0 spiro atoms. The predicted octanol–water partition coefficient (Wildman–Crippen LogP) is 9.91. The Morgan fingerprint density at radius 1 is 0.357 bits per heavy atom. The summed E-state index contributed by atoms with van der Waals surface area (Å²) >= 11 is 0. The summed E-state index contributed by atoms with van der Waals surface area (Å²) in [5.41, 5.74) is 11.7. The van der Waals surface area contributed by atoms with Crippen LogP contribution in [0.4, 0.5) is 25.2 Å². The molecule has 0 aromatic heterocycles. The first-order valence-electron chi connectivity index (χ1n) is 8.51. The van der Waals surface area contributed by atoms with E-state index in [1.54, 1.807) is 0 Å². The maximum atomic E-state index is 9.87. The van der Waals surface area contributed by atoms with Crippen molar-refractivity contribution in [1.29, 1.82) is 0 Å². The molecule has 2 rings (SSSR count). The Labute approximate surface area is 175 Å². The predicted molar refractivity (Wildman–Crippen MR) is 105 cm³/mol. The zero-order chi connectivity index (χ0) is 22.2. The van der Waals surface area contributed by atoms with Gasteiger partial charge in [0.1, 0.15) is 0 Å². The minimum Gasteiger partial charge on any atom is 0 e. The third-order valence-corrected chi connectivity index (χ3v) is 5.62. The van der Waals surface area contributed by atoms with Gasteiger partial charge in [0.05, 0.1) is 0 Å². The summed E-state index contributed by atoms with van der Waals surface area (Å²) in [6.45, 7) is 22.0. The van der Waals surface area contributed by atoms with Crippen molar-refractivity contribution in [2.75, 3.05) is 0 Å². The average Bonchev–Trinajstić information content (AvgIpc) is 2.76. The Kier molecular flexibility index (Phi) is 9.21. The van der Waals surface area contributed by atoms with Crippen LogP contribution in [0, 0.1) is 11.8 Å². The maximum Gasteiger partial charge on any atom is 0 e. The van der Waals surface area contributed by atoms with Crippen LogP contribution in [0.5, 0.6) is 0 Å². The Balaban J connectivity index is 0. The largest absolute Gasteiger partial charge is 0 e. The summed E-state index contributed by atoms with van der Waals surface area (Å²) in [7, 11) is -10.7. The molecular weight excluding hydrogens is 444 g/mol. The van der Waals surface area contributed by atoms with Crippen LogP contribution < -0.4 is 0 Å². The van der Waals surface area contributed by atoms with Crippen molar-refractivity contribution in [3.8, 4) is 0 Å². The monoisotopic (exact) mass is 474 g/mol. The van der Waals surface area contributed by atoms with Gasteiger partial charge in [-0.2, -0.15) is 0 Å². The summed E-state index contributed by atoms with van der Waals surface area (Å²) in [5, 5.41) is 0. The standard InChI is InChI=1S/2C10H15.Co.F6P/c2*1-6-7(2)9(4)10(5)8(6)3;;1-7(2,3,4,5)6/h2*1-5H3;;/q;;;-1. The second-order valence-electron chi connectivity index (χ2n) is 7.21. The van der Waals surface area contributed by atoms with Crippen LogP contribution in [0.15, 0.2) is 44.6 Å². The van der Waals surface area contributed by atoms with Gasteiger partial charge < -0.3 is 0 Å². The third-order valence-electron chi connectivity index (χ3n) is 5.62. The van der Waals surface area contributed by atoms with Crippen molar-refractivity contribution in [2.24, 2.45) is 0 Å². The van der Waals surface area contributed by atoms with Gasteiger partial charge in [0.2, 0.25) is 0 Å². The van der Waals surface area contributed by atoms with Gasteiger partial charge >= 0.3 is 33.0 Å². The first kappa shape index (κ1) is 29.7. The SMILES string of the molecule is C[C]1C(C)=C(C)C(C)=C1C.C[C]1C(C)=C(C)C(C)=C1C.F[P-](F)(F)(F)(F)F.[Co]. The summed E-state index contributed by atoms with van der Waals surface area (Å²) in [5.74, 6) is 2.94. The summed E-state index contributed by atoms with van der Waals surface area (Å²) < 4.78 is 59.2. The van der Waals surface area contributed by atoms with Crippen LogP contribution in [0.3, 0.4) is 0 Å². The van der Waals surface area contributed by atoms with Crippen molar-refractivity contribution < 1.29 is 42.0 Å². The first-order chi connectivity index (χ1) is 11.6. The molecular formula is C20H30CoF6P-. The van der Waals surface area contributed by atoms with Gasteiger partial charge in [0.25, 0.3) is 0 Å². The minimum absolute atomic E-state index is 0. The maximum absolute atomic E-state index is 10.7. The van der Waals surface area contributed by atoms with Crippen LogP contribution >= 0.6 is 7.81 Å². The molecule has 0 aliphatic heterocycles. The van der Waals surface area contributed by atoms with Crippen molar-refractivity contribution in [2.45, 2.75) is 69.2 Å². The molecule has 3 radical (unpaired) electrons. The molecule has 0 nitrogen and oxygen atoms in total. The van der Waals surface area contributed by atoms with Gasteiger partial charge in [-0.05, 0) is 77.7 Å². The molecule has 0 saturated carbocycles. The molecule has 167 valence electrons. The molecule has 0 saturated heterocycles. The molecule has 0 amide bonds. The van der Waals surface area contributed by atoms with Gasteiger partial charge in [-0.15, -0.1) is 0 Å². The van der Waals surface area contributed by atoms with Crippen LogP contribution in [0.1, 0.15) is 69.2 Å². The average molecular weight is 474 g/mol. The fourth-order valence-electron chi connectivity index (χ4n) is 2.81. The fourth-order valence-corrected chi connectivity index (χ4v) is 2.81. The molecule has 0 bridgehead atoms. The van der Waals surface area contributed by atoms with Gasteiger partial charge in [-0.1, -0.05) is 36.1 Å². The fraction of sp³-hybridized carbons (Fsp3) is 0.500. The van der Waals surface area contributed by atoms with E-state index in [0.29, 0.717) is 0 Å². The summed E-state index contributed by atoms with van der Waals surface area (Å²) in [4.78, 5) is 0. The number of hydrogen-bond acceptors (Lipinski definition) is 0. The van der Waals surface area contributed by atoms with E-state index in [1.807, 2.05) is 0 Å². The van der Waals surface area contributed by atoms with E-state index in [4.69, 9.17) is 0 Å². The van der Waals surface area contributed by atoms with Crippen molar-refractivity contribution >= 4 is 7.81 Å². The summed E-state index contributed by atoms with van der Waals surface area (Å²) in [6, 6.07) is 0. The van der Waals surface area contributed by atoms with Crippen molar-refractivity contribution in [3.63, 3.8) is 0 Å². The van der Waals surface area contributed by atoms with E-state index < -0.39 is 7.81 Å². The molecule has 0 fully saturated rings. The van der Waals surface area contributed by atoms with Gasteiger partial charge in [0, 0.05) is 28.6 Å². The molecule has 0 aromatic carbocycles. The molecule has 2 aliphatic rings. The second kappa shape index (κ2) is 8.69. The molecule has 2 aliphatic carbocycles. The van der Waals surface area contributed by atoms with E-state index in [1.165, 1.54) is 56.4 Å². The Morgan fingerprint density at radius 3 is 0.500 bits per heavy atom. The topological polar surface area (TPSA) is 0 Å². The van der Waals surface area contributed by atoms with Crippen LogP contribution in [0.2, 0.25) is 0 Å². The molecule has 0 N–H and O–H groups in total. The quantitative estimate of drug-likeness (QED) is 0.242. The molecule has 0 aromatic rings. The van der Waals surface area contributed by atoms with Gasteiger partial charge in [-0.25, -0.2) is 0 Å². The molecule has 28 heavy (non-hydrogen) atoms. The molecule has 0 unspecified atom stereocenters. The van der Waals surface area contributed by atoms with Gasteiger partial charge in [-0.3, -0.25) is 0 Å². The van der Waals surface area contributed by atoms with Crippen LogP contribution in [0.25, 0.3) is 0 Å². The minimum atomic E-state index is -10.7. The number of allylic oxidation sites excluding steroid dienone is 8. The van der Waals surface area contributed by atoms with Crippen molar-refractivity contribution in [1.82, 2.24) is 0 Å². The number of halogens is 6. The Hall–Kier alpha value is -0.524. The summed E-state index contributed by atoms with van der Waals surface area (Å²) in [6.07, 6.45) is 0. The van der Waals surface area contributed by atoms with E-state index in [-0.39, 0.29) is 16.8 Å². The van der Waals surface area contributed by atoms with Gasteiger partial charge in [0.15, 0.2) is 0 Å². The normalized spacial score (nSPS) is 21.0. The Morgan fingerprint density at radius 2 is 0.464 bits per heavy atom. The van der Waals surface area contributed by atoms with E-state index >= 15 is 0 Å². The number of rotatable bonds is 0.